The van der Waals surface area contributed by atoms with Gasteiger partial charge in [0.2, 0.25) is 0 Å². The predicted molar refractivity (Wildman–Crippen MR) is 93.8 cm³/mol. The van der Waals surface area contributed by atoms with E-state index >= 15 is 0 Å². The maximum atomic E-state index is 12.1. The Morgan fingerprint density at radius 1 is 0.958 bits per heavy atom. The minimum Gasteiger partial charge on any atom is -0.490 e. The summed E-state index contributed by atoms with van der Waals surface area (Å²) in [7, 11) is 0. The highest BCUT2D eigenvalue weighted by atomic mass is 16.5. The summed E-state index contributed by atoms with van der Waals surface area (Å²) in [5, 5.41) is 0. The summed E-state index contributed by atoms with van der Waals surface area (Å²) < 4.78 is 16.2. The Kier molecular flexibility index (Phi) is 6.20. The Bertz CT molecular complexity index is 699. The summed E-state index contributed by atoms with van der Waals surface area (Å²) in [5.41, 5.74) is 1.38. The molecule has 0 aliphatic rings. The Hall–Kier alpha value is -3.01. The molecule has 0 saturated carbocycles. The van der Waals surface area contributed by atoms with E-state index in [9.17, 15) is 4.79 Å². The van der Waals surface area contributed by atoms with Crippen LogP contribution in [-0.2, 0) is 0 Å². The minimum absolute atomic E-state index is 0.420. The van der Waals surface area contributed by atoms with Gasteiger partial charge in [0.05, 0.1) is 5.56 Å². The van der Waals surface area contributed by atoms with Crippen LogP contribution in [0.15, 0.2) is 73.3 Å². The van der Waals surface area contributed by atoms with Gasteiger partial charge < -0.3 is 14.2 Å². The van der Waals surface area contributed by atoms with Crippen LogP contribution in [0.3, 0.4) is 0 Å². The smallest absolute Gasteiger partial charge is 0.343 e. The highest BCUT2D eigenvalue weighted by Crippen LogP contribution is 2.20. The second kappa shape index (κ2) is 8.58. The van der Waals surface area contributed by atoms with Crippen LogP contribution in [0.25, 0.3) is 0 Å². The molecule has 0 atom stereocenters. The Morgan fingerprint density at radius 2 is 1.50 bits per heavy atom. The zero-order valence-electron chi connectivity index (χ0n) is 13.7. The molecule has 0 N–H and O–H groups in total. The van der Waals surface area contributed by atoms with Crippen LogP contribution >= 0.6 is 0 Å². The van der Waals surface area contributed by atoms with Crippen molar-refractivity contribution in [3.05, 3.63) is 78.9 Å². The first-order valence-corrected chi connectivity index (χ1v) is 7.51. The average molecular weight is 324 g/mol. The maximum absolute atomic E-state index is 12.1. The highest BCUT2D eigenvalue weighted by molar-refractivity contribution is 5.91. The molecule has 0 unspecified atom stereocenters. The summed E-state index contributed by atoms with van der Waals surface area (Å²) >= 11 is 0. The number of benzene rings is 2. The van der Waals surface area contributed by atoms with E-state index in [-0.39, 0.29) is 0 Å². The van der Waals surface area contributed by atoms with Crippen LogP contribution in [0.1, 0.15) is 17.3 Å². The predicted octanol–water partition coefficient (Wildman–Crippen LogP) is 4.43. The fraction of sp³-hybridized carbons (Fsp3) is 0.150. The van der Waals surface area contributed by atoms with Gasteiger partial charge in [0.15, 0.2) is 0 Å². The maximum Gasteiger partial charge on any atom is 0.343 e. The molecular formula is C20H20O4. The van der Waals surface area contributed by atoms with Crippen molar-refractivity contribution < 1.29 is 19.0 Å². The molecule has 0 aromatic heterocycles. The molecule has 2 rings (SSSR count). The van der Waals surface area contributed by atoms with Crippen molar-refractivity contribution in [3.8, 4) is 17.2 Å². The Labute approximate surface area is 142 Å². The van der Waals surface area contributed by atoms with Crippen molar-refractivity contribution in [2.24, 2.45) is 0 Å². The van der Waals surface area contributed by atoms with E-state index in [0.717, 1.165) is 5.57 Å². The molecular weight excluding hydrogens is 304 g/mol. The van der Waals surface area contributed by atoms with Gasteiger partial charge in [-0.15, -0.1) is 0 Å². The zero-order chi connectivity index (χ0) is 17.4. The molecule has 4 heteroatoms. The van der Waals surface area contributed by atoms with Gasteiger partial charge in [-0.05, 0) is 61.0 Å². The van der Waals surface area contributed by atoms with E-state index in [1.54, 1.807) is 54.6 Å². The Morgan fingerprint density at radius 3 is 2.08 bits per heavy atom. The van der Waals surface area contributed by atoms with E-state index in [0.29, 0.717) is 36.0 Å². The first-order valence-electron chi connectivity index (χ1n) is 7.51. The van der Waals surface area contributed by atoms with Crippen LogP contribution in [0.5, 0.6) is 17.2 Å². The van der Waals surface area contributed by atoms with Gasteiger partial charge in [0.1, 0.15) is 30.5 Å². The van der Waals surface area contributed by atoms with Gasteiger partial charge in [0, 0.05) is 0 Å². The van der Waals surface area contributed by atoms with Crippen LogP contribution in [0.4, 0.5) is 0 Å². The number of ether oxygens (including phenoxy) is 3. The van der Waals surface area contributed by atoms with Gasteiger partial charge in [-0.25, -0.2) is 4.79 Å². The van der Waals surface area contributed by atoms with E-state index < -0.39 is 5.97 Å². The lowest BCUT2D eigenvalue weighted by Crippen LogP contribution is -2.08. The third-order valence-electron chi connectivity index (χ3n) is 2.98. The van der Waals surface area contributed by atoms with Crippen molar-refractivity contribution >= 4 is 5.97 Å². The van der Waals surface area contributed by atoms with Crippen molar-refractivity contribution in [3.63, 3.8) is 0 Å². The molecule has 0 radical (unpaired) electrons. The fourth-order valence-corrected chi connectivity index (χ4v) is 1.82. The first-order chi connectivity index (χ1) is 11.6. The number of hydrogen-bond acceptors (Lipinski definition) is 4. The van der Waals surface area contributed by atoms with E-state index in [1.807, 2.05) is 6.92 Å². The first kappa shape index (κ1) is 17.3. The van der Waals surface area contributed by atoms with Crippen molar-refractivity contribution in [2.75, 3.05) is 13.2 Å². The molecule has 0 aliphatic carbocycles. The summed E-state index contributed by atoms with van der Waals surface area (Å²) in [6.45, 7) is 10.1. The normalized spacial score (nSPS) is 9.88. The molecule has 4 nitrogen and oxygen atoms in total. The van der Waals surface area contributed by atoms with Crippen LogP contribution in [-0.4, -0.2) is 19.2 Å². The van der Waals surface area contributed by atoms with Gasteiger partial charge in [-0.2, -0.15) is 0 Å². The van der Waals surface area contributed by atoms with E-state index in [1.165, 1.54) is 0 Å². The SMILES string of the molecule is C=CCOc1ccc(C(=O)Oc2ccc(OCC(=C)C)cc2)cc1. The molecule has 0 fully saturated rings. The molecule has 0 saturated heterocycles. The molecule has 0 heterocycles. The molecule has 2 aromatic rings. The lowest BCUT2D eigenvalue weighted by molar-refractivity contribution is 0.0734. The lowest BCUT2D eigenvalue weighted by Gasteiger charge is -2.08. The average Bonchev–Trinajstić information content (AvgIpc) is 2.59. The van der Waals surface area contributed by atoms with Gasteiger partial charge in [-0.1, -0.05) is 19.2 Å². The Balaban J connectivity index is 1.93. The number of hydrogen-bond donors (Lipinski definition) is 0. The second-order valence-corrected chi connectivity index (χ2v) is 5.23. The topological polar surface area (TPSA) is 44.8 Å². The zero-order valence-corrected chi connectivity index (χ0v) is 13.7. The van der Waals surface area contributed by atoms with Crippen LogP contribution in [0.2, 0.25) is 0 Å². The number of rotatable bonds is 8. The van der Waals surface area contributed by atoms with Crippen molar-refractivity contribution in [1.29, 1.82) is 0 Å². The van der Waals surface area contributed by atoms with Crippen LogP contribution in [0, 0.1) is 0 Å². The molecule has 0 amide bonds. The largest absolute Gasteiger partial charge is 0.490 e. The summed E-state index contributed by atoms with van der Waals surface area (Å²) in [6.07, 6.45) is 1.66. The van der Waals surface area contributed by atoms with Crippen molar-refractivity contribution in [1.82, 2.24) is 0 Å². The minimum atomic E-state index is -0.430. The number of carbonyl (C=O) groups excluding carboxylic acids is 1. The molecule has 0 aliphatic heterocycles. The van der Waals surface area contributed by atoms with Gasteiger partial charge >= 0.3 is 5.97 Å². The second-order valence-electron chi connectivity index (χ2n) is 5.23. The van der Waals surface area contributed by atoms with E-state index in [4.69, 9.17) is 14.2 Å². The van der Waals surface area contributed by atoms with Gasteiger partial charge in [0.25, 0.3) is 0 Å². The number of carbonyl (C=O) groups is 1. The lowest BCUT2D eigenvalue weighted by atomic mass is 10.2. The molecule has 0 bridgehead atoms. The molecule has 124 valence electrons. The van der Waals surface area contributed by atoms with Gasteiger partial charge in [-0.3, -0.25) is 0 Å². The third-order valence-corrected chi connectivity index (χ3v) is 2.98. The quantitative estimate of drug-likeness (QED) is 0.409. The molecule has 2 aromatic carbocycles. The van der Waals surface area contributed by atoms with E-state index in [2.05, 4.69) is 13.2 Å². The standard InChI is InChI=1S/C20H20O4/c1-4-13-22-17-7-5-16(6-8-17)20(21)24-19-11-9-18(10-12-19)23-14-15(2)3/h4-12H,1-2,13-14H2,3H3. The molecule has 24 heavy (non-hydrogen) atoms. The van der Waals surface area contributed by atoms with Crippen LogP contribution < -0.4 is 14.2 Å². The summed E-state index contributed by atoms with van der Waals surface area (Å²) in [6, 6.07) is 13.6. The highest BCUT2D eigenvalue weighted by Gasteiger charge is 2.09. The van der Waals surface area contributed by atoms with Crippen molar-refractivity contribution in [2.45, 2.75) is 6.92 Å². The molecule has 0 spiro atoms. The summed E-state index contributed by atoms with van der Waals surface area (Å²) in [4.78, 5) is 12.1. The monoisotopic (exact) mass is 324 g/mol. The number of esters is 1. The summed E-state index contributed by atoms with van der Waals surface area (Å²) in [5.74, 6) is 1.39. The third kappa shape index (κ3) is 5.32. The fourth-order valence-electron chi connectivity index (χ4n) is 1.82.